The second-order valence-electron chi connectivity index (χ2n) is 4.41. The van der Waals surface area contributed by atoms with Crippen LogP contribution >= 0.6 is 0 Å². The predicted molar refractivity (Wildman–Crippen MR) is 76.4 cm³/mol. The molecule has 0 unspecified atom stereocenters. The standard InChI is InChI=1S/C14H10N6/c15-13-14(17-10-6-2-1-5-9(10)16-13)20-12-8-4-3-7-11(12)18-19-20/h1-8H,(H2,15,16). The average Bonchev–Trinajstić information content (AvgIpc) is 2.90. The quantitative estimate of drug-likeness (QED) is 0.567. The molecule has 6 nitrogen and oxygen atoms in total. The average molecular weight is 262 g/mol. The van der Waals surface area contributed by atoms with Gasteiger partial charge in [-0.05, 0) is 24.3 Å². The zero-order chi connectivity index (χ0) is 13.5. The topological polar surface area (TPSA) is 82.5 Å². The van der Waals surface area contributed by atoms with E-state index in [1.165, 1.54) is 0 Å². The maximum absolute atomic E-state index is 6.01. The number of anilines is 1. The van der Waals surface area contributed by atoms with Crippen LogP contribution in [-0.2, 0) is 0 Å². The molecule has 6 heteroatoms. The van der Waals surface area contributed by atoms with Gasteiger partial charge < -0.3 is 5.73 Å². The maximum Gasteiger partial charge on any atom is 0.199 e. The first kappa shape index (κ1) is 10.9. The van der Waals surface area contributed by atoms with Crippen LogP contribution in [0.25, 0.3) is 27.9 Å². The molecule has 0 atom stereocenters. The highest BCUT2D eigenvalue weighted by Gasteiger charge is 2.12. The number of fused-ring (bicyclic) bond motifs is 2. The Labute approximate surface area is 113 Å². The van der Waals surface area contributed by atoms with E-state index in [2.05, 4.69) is 20.3 Å². The number of hydrogen-bond acceptors (Lipinski definition) is 5. The number of benzene rings is 2. The van der Waals surface area contributed by atoms with Crippen LogP contribution in [0.3, 0.4) is 0 Å². The summed E-state index contributed by atoms with van der Waals surface area (Å²) >= 11 is 0. The third kappa shape index (κ3) is 1.51. The second kappa shape index (κ2) is 3.99. The molecule has 0 fully saturated rings. The molecule has 0 saturated heterocycles. The highest BCUT2D eigenvalue weighted by molar-refractivity contribution is 5.80. The van der Waals surface area contributed by atoms with Gasteiger partial charge in [0.05, 0.1) is 16.6 Å². The van der Waals surface area contributed by atoms with E-state index in [0.29, 0.717) is 11.6 Å². The Hall–Kier alpha value is -3.02. The minimum atomic E-state index is 0.333. The molecule has 2 aromatic heterocycles. The minimum absolute atomic E-state index is 0.333. The van der Waals surface area contributed by atoms with Crippen molar-refractivity contribution in [3.63, 3.8) is 0 Å². The normalized spacial score (nSPS) is 11.2. The molecule has 4 aromatic rings. The van der Waals surface area contributed by atoms with E-state index in [9.17, 15) is 0 Å². The first-order chi connectivity index (χ1) is 9.83. The Morgan fingerprint density at radius 3 is 2.25 bits per heavy atom. The lowest BCUT2D eigenvalue weighted by Gasteiger charge is -2.06. The van der Waals surface area contributed by atoms with Gasteiger partial charge in [0.25, 0.3) is 0 Å². The molecule has 0 aliphatic heterocycles. The summed E-state index contributed by atoms with van der Waals surface area (Å²) in [7, 11) is 0. The number of hydrogen-bond donors (Lipinski definition) is 1. The van der Waals surface area contributed by atoms with Crippen molar-refractivity contribution in [1.82, 2.24) is 25.0 Å². The molecule has 0 radical (unpaired) electrons. The van der Waals surface area contributed by atoms with Crippen LogP contribution in [0.1, 0.15) is 0 Å². The van der Waals surface area contributed by atoms with Gasteiger partial charge in [-0.25, -0.2) is 9.97 Å². The van der Waals surface area contributed by atoms with Gasteiger partial charge in [0.15, 0.2) is 11.6 Å². The molecule has 0 aliphatic carbocycles. The van der Waals surface area contributed by atoms with Gasteiger partial charge in [-0.2, -0.15) is 4.68 Å². The van der Waals surface area contributed by atoms with Crippen LogP contribution in [0.15, 0.2) is 48.5 Å². The van der Waals surface area contributed by atoms with E-state index in [1.807, 2.05) is 48.5 Å². The maximum atomic E-state index is 6.01. The first-order valence-corrected chi connectivity index (χ1v) is 6.16. The molecular formula is C14H10N6. The number of para-hydroxylation sites is 3. The Bertz CT molecular complexity index is 927. The molecule has 0 spiro atoms. The lowest BCUT2D eigenvalue weighted by atomic mass is 10.3. The fourth-order valence-corrected chi connectivity index (χ4v) is 2.19. The first-order valence-electron chi connectivity index (χ1n) is 6.16. The Morgan fingerprint density at radius 1 is 0.800 bits per heavy atom. The van der Waals surface area contributed by atoms with Crippen molar-refractivity contribution >= 4 is 27.9 Å². The van der Waals surface area contributed by atoms with E-state index in [-0.39, 0.29) is 0 Å². The largest absolute Gasteiger partial charge is 0.381 e. The summed E-state index contributed by atoms with van der Waals surface area (Å²) in [4.78, 5) is 8.91. The number of rotatable bonds is 1. The third-order valence-electron chi connectivity index (χ3n) is 3.13. The summed E-state index contributed by atoms with van der Waals surface area (Å²) in [6.07, 6.45) is 0. The van der Waals surface area contributed by atoms with Gasteiger partial charge in [-0.1, -0.05) is 29.5 Å². The summed E-state index contributed by atoms with van der Waals surface area (Å²) in [6.45, 7) is 0. The van der Waals surface area contributed by atoms with E-state index in [4.69, 9.17) is 5.73 Å². The summed E-state index contributed by atoms with van der Waals surface area (Å²) in [5, 5.41) is 8.22. The van der Waals surface area contributed by atoms with Crippen molar-refractivity contribution in [3.8, 4) is 5.82 Å². The number of nitrogen functional groups attached to an aromatic ring is 1. The molecule has 2 N–H and O–H groups in total. The van der Waals surface area contributed by atoms with Gasteiger partial charge in [-0.15, -0.1) is 5.10 Å². The lowest BCUT2D eigenvalue weighted by molar-refractivity contribution is 0.804. The van der Waals surface area contributed by atoms with Gasteiger partial charge in [-0.3, -0.25) is 0 Å². The van der Waals surface area contributed by atoms with Crippen LogP contribution in [0, 0.1) is 0 Å². The number of nitrogens with zero attached hydrogens (tertiary/aromatic N) is 5. The number of aromatic nitrogens is 5. The van der Waals surface area contributed by atoms with Crippen molar-refractivity contribution in [1.29, 1.82) is 0 Å². The summed E-state index contributed by atoms with van der Waals surface area (Å²) in [6, 6.07) is 15.2. The second-order valence-corrected chi connectivity index (χ2v) is 4.41. The molecule has 0 saturated carbocycles. The van der Waals surface area contributed by atoms with Crippen LogP contribution in [0.4, 0.5) is 5.82 Å². The molecule has 2 aromatic carbocycles. The van der Waals surface area contributed by atoms with Crippen LogP contribution in [0.2, 0.25) is 0 Å². The van der Waals surface area contributed by atoms with Crippen molar-refractivity contribution in [2.45, 2.75) is 0 Å². The Balaban J connectivity index is 2.04. The van der Waals surface area contributed by atoms with Crippen molar-refractivity contribution < 1.29 is 0 Å². The Morgan fingerprint density at radius 2 is 1.45 bits per heavy atom. The molecule has 0 amide bonds. The predicted octanol–water partition coefficient (Wildman–Crippen LogP) is 1.95. The van der Waals surface area contributed by atoms with Crippen molar-refractivity contribution in [2.75, 3.05) is 5.73 Å². The van der Waals surface area contributed by atoms with Gasteiger partial charge in [0.2, 0.25) is 0 Å². The summed E-state index contributed by atoms with van der Waals surface area (Å²) in [5.41, 5.74) is 9.19. The highest BCUT2D eigenvalue weighted by atomic mass is 15.4. The van der Waals surface area contributed by atoms with Gasteiger partial charge in [0.1, 0.15) is 5.52 Å². The van der Waals surface area contributed by atoms with Crippen LogP contribution in [0.5, 0.6) is 0 Å². The fourth-order valence-electron chi connectivity index (χ4n) is 2.19. The summed E-state index contributed by atoms with van der Waals surface area (Å²) in [5.74, 6) is 0.830. The zero-order valence-electron chi connectivity index (χ0n) is 10.4. The van der Waals surface area contributed by atoms with Crippen LogP contribution < -0.4 is 5.73 Å². The van der Waals surface area contributed by atoms with Gasteiger partial charge in [0, 0.05) is 0 Å². The monoisotopic (exact) mass is 262 g/mol. The SMILES string of the molecule is Nc1nc2ccccc2nc1-n1nnc2ccccc21. The zero-order valence-corrected chi connectivity index (χ0v) is 10.4. The van der Waals surface area contributed by atoms with Crippen molar-refractivity contribution in [3.05, 3.63) is 48.5 Å². The van der Waals surface area contributed by atoms with E-state index in [1.54, 1.807) is 4.68 Å². The Kier molecular flexibility index (Phi) is 2.17. The smallest absolute Gasteiger partial charge is 0.199 e. The third-order valence-corrected chi connectivity index (χ3v) is 3.13. The molecule has 0 bridgehead atoms. The highest BCUT2D eigenvalue weighted by Crippen LogP contribution is 2.20. The molecular weight excluding hydrogens is 252 g/mol. The molecule has 4 rings (SSSR count). The van der Waals surface area contributed by atoms with E-state index >= 15 is 0 Å². The van der Waals surface area contributed by atoms with Crippen LogP contribution in [-0.4, -0.2) is 25.0 Å². The van der Waals surface area contributed by atoms with E-state index in [0.717, 1.165) is 22.1 Å². The van der Waals surface area contributed by atoms with E-state index < -0.39 is 0 Å². The lowest BCUT2D eigenvalue weighted by Crippen LogP contribution is -2.06. The van der Waals surface area contributed by atoms with Crippen molar-refractivity contribution in [2.24, 2.45) is 0 Å². The molecule has 2 heterocycles. The minimum Gasteiger partial charge on any atom is -0.381 e. The molecule has 20 heavy (non-hydrogen) atoms. The summed E-state index contributed by atoms with van der Waals surface area (Å²) < 4.78 is 1.62. The molecule has 0 aliphatic rings. The fraction of sp³-hybridized carbons (Fsp3) is 0. The number of nitrogens with two attached hydrogens (primary N) is 1. The van der Waals surface area contributed by atoms with Gasteiger partial charge >= 0.3 is 0 Å². The molecule has 96 valence electrons.